The Bertz CT molecular complexity index is 176. The first-order chi connectivity index (χ1) is 6.08. The van der Waals surface area contributed by atoms with Crippen LogP contribution in [0.25, 0.3) is 0 Å². The molecule has 0 radical (unpaired) electrons. The second-order valence-electron chi connectivity index (χ2n) is 5.27. The van der Waals surface area contributed by atoms with Crippen LogP contribution in [0.1, 0.15) is 53.4 Å². The average Bonchev–Trinajstić information content (AvgIpc) is 2.02. The van der Waals surface area contributed by atoms with Crippen LogP contribution in [-0.4, -0.2) is 0 Å². The minimum Gasteiger partial charge on any atom is -0.0917 e. The fourth-order valence-electron chi connectivity index (χ4n) is 2.87. The van der Waals surface area contributed by atoms with E-state index in [0.29, 0.717) is 5.41 Å². The second kappa shape index (κ2) is 4.30. The van der Waals surface area contributed by atoms with Gasteiger partial charge in [0.25, 0.3) is 0 Å². The van der Waals surface area contributed by atoms with Gasteiger partial charge in [0.1, 0.15) is 0 Å². The minimum absolute atomic E-state index is 0.567. The van der Waals surface area contributed by atoms with Crippen LogP contribution in [0.4, 0.5) is 0 Å². The standard InChI is InChI=1S/C13H24/c1-5-6-9-12-11(2)8-7-10-13(12,3)4/h5-6,11-12H,7-10H2,1-4H3. The van der Waals surface area contributed by atoms with Crippen molar-refractivity contribution in [3.05, 3.63) is 12.2 Å². The van der Waals surface area contributed by atoms with E-state index in [9.17, 15) is 0 Å². The molecule has 0 nitrogen and oxygen atoms in total. The Labute approximate surface area is 83.4 Å². The summed E-state index contributed by atoms with van der Waals surface area (Å²) in [6.07, 6.45) is 10.1. The predicted octanol–water partition coefficient (Wildman–Crippen LogP) is 4.42. The van der Waals surface area contributed by atoms with Crippen molar-refractivity contribution in [2.75, 3.05) is 0 Å². The molecule has 1 fully saturated rings. The summed E-state index contributed by atoms with van der Waals surface area (Å²) in [6.45, 7) is 9.43. The molecule has 0 heteroatoms. The van der Waals surface area contributed by atoms with Crippen LogP contribution in [0.2, 0.25) is 0 Å². The third kappa shape index (κ3) is 2.59. The van der Waals surface area contributed by atoms with Crippen molar-refractivity contribution in [1.82, 2.24) is 0 Å². The van der Waals surface area contributed by atoms with Crippen molar-refractivity contribution < 1.29 is 0 Å². The first-order valence-electron chi connectivity index (χ1n) is 5.69. The maximum absolute atomic E-state index is 2.44. The molecule has 0 aliphatic heterocycles. The zero-order valence-corrected chi connectivity index (χ0v) is 9.64. The van der Waals surface area contributed by atoms with E-state index in [1.165, 1.54) is 25.7 Å². The van der Waals surface area contributed by atoms with E-state index >= 15 is 0 Å². The first-order valence-corrected chi connectivity index (χ1v) is 5.69. The van der Waals surface area contributed by atoms with Gasteiger partial charge in [-0.1, -0.05) is 45.8 Å². The van der Waals surface area contributed by atoms with Gasteiger partial charge in [-0.05, 0) is 37.0 Å². The van der Waals surface area contributed by atoms with E-state index < -0.39 is 0 Å². The molecule has 0 aromatic carbocycles. The highest BCUT2D eigenvalue weighted by molar-refractivity contribution is 4.92. The summed E-state index contributed by atoms with van der Waals surface area (Å²) in [6, 6.07) is 0. The Hall–Kier alpha value is -0.260. The smallest absolute Gasteiger partial charge is 0.0302 e. The van der Waals surface area contributed by atoms with Crippen molar-refractivity contribution in [2.24, 2.45) is 17.3 Å². The summed E-state index contributed by atoms with van der Waals surface area (Å²) in [7, 11) is 0. The van der Waals surface area contributed by atoms with Crippen molar-refractivity contribution >= 4 is 0 Å². The topological polar surface area (TPSA) is 0 Å². The fourth-order valence-corrected chi connectivity index (χ4v) is 2.87. The summed E-state index contributed by atoms with van der Waals surface area (Å²) in [5.41, 5.74) is 0.567. The third-order valence-electron chi connectivity index (χ3n) is 3.80. The van der Waals surface area contributed by atoms with Crippen LogP contribution < -0.4 is 0 Å². The molecule has 2 unspecified atom stereocenters. The van der Waals surface area contributed by atoms with Crippen LogP contribution in [0.15, 0.2) is 12.2 Å². The largest absolute Gasteiger partial charge is 0.0917 e. The molecule has 0 aromatic rings. The Morgan fingerprint density at radius 1 is 1.38 bits per heavy atom. The zero-order valence-electron chi connectivity index (χ0n) is 9.64. The Balaban J connectivity index is 2.63. The fraction of sp³-hybridized carbons (Fsp3) is 0.846. The van der Waals surface area contributed by atoms with Crippen LogP contribution in [0, 0.1) is 17.3 Å². The van der Waals surface area contributed by atoms with Gasteiger partial charge in [-0.15, -0.1) is 0 Å². The van der Waals surface area contributed by atoms with Crippen LogP contribution in [0.5, 0.6) is 0 Å². The molecule has 0 bridgehead atoms. The van der Waals surface area contributed by atoms with E-state index in [2.05, 4.69) is 39.8 Å². The van der Waals surface area contributed by atoms with Crippen molar-refractivity contribution in [3.8, 4) is 0 Å². The lowest BCUT2D eigenvalue weighted by atomic mass is 9.63. The van der Waals surface area contributed by atoms with Gasteiger partial charge >= 0.3 is 0 Å². The lowest BCUT2D eigenvalue weighted by Crippen LogP contribution is -2.33. The number of allylic oxidation sites excluding steroid dienone is 2. The summed E-state index contributed by atoms with van der Waals surface area (Å²) < 4.78 is 0. The van der Waals surface area contributed by atoms with Gasteiger partial charge in [0.2, 0.25) is 0 Å². The summed E-state index contributed by atoms with van der Waals surface area (Å²) >= 11 is 0. The van der Waals surface area contributed by atoms with Crippen LogP contribution in [0.3, 0.4) is 0 Å². The molecule has 2 atom stereocenters. The van der Waals surface area contributed by atoms with E-state index in [4.69, 9.17) is 0 Å². The minimum atomic E-state index is 0.567. The summed E-state index contributed by atoms with van der Waals surface area (Å²) in [5.74, 6) is 1.82. The zero-order chi connectivity index (χ0) is 9.90. The highest BCUT2D eigenvalue weighted by atomic mass is 14.4. The molecule has 1 aliphatic carbocycles. The first kappa shape index (κ1) is 10.8. The van der Waals surface area contributed by atoms with Gasteiger partial charge in [-0.2, -0.15) is 0 Å². The highest BCUT2D eigenvalue weighted by Crippen LogP contribution is 2.45. The van der Waals surface area contributed by atoms with Crippen molar-refractivity contribution in [1.29, 1.82) is 0 Å². The molecule has 1 rings (SSSR count). The quantitative estimate of drug-likeness (QED) is 0.552. The summed E-state index contributed by atoms with van der Waals surface area (Å²) in [4.78, 5) is 0. The van der Waals surface area contributed by atoms with Crippen molar-refractivity contribution in [3.63, 3.8) is 0 Å². The Morgan fingerprint density at radius 3 is 2.62 bits per heavy atom. The lowest BCUT2D eigenvalue weighted by molar-refractivity contribution is 0.0863. The third-order valence-corrected chi connectivity index (χ3v) is 3.80. The normalized spacial score (nSPS) is 33.8. The van der Waals surface area contributed by atoms with Crippen LogP contribution >= 0.6 is 0 Å². The van der Waals surface area contributed by atoms with Gasteiger partial charge < -0.3 is 0 Å². The second-order valence-corrected chi connectivity index (χ2v) is 5.27. The van der Waals surface area contributed by atoms with Gasteiger partial charge in [0.15, 0.2) is 0 Å². The maximum atomic E-state index is 2.44. The molecule has 0 N–H and O–H groups in total. The van der Waals surface area contributed by atoms with E-state index in [0.717, 1.165) is 11.8 Å². The number of rotatable bonds is 2. The Kier molecular flexibility index (Phi) is 3.58. The SMILES string of the molecule is CC=CCC1C(C)CCCC1(C)C. The molecule has 1 aliphatic rings. The maximum Gasteiger partial charge on any atom is -0.0302 e. The van der Waals surface area contributed by atoms with Crippen molar-refractivity contribution in [2.45, 2.75) is 53.4 Å². The van der Waals surface area contributed by atoms with Crippen LogP contribution in [-0.2, 0) is 0 Å². The molecule has 0 spiro atoms. The van der Waals surface area contributed by atoms with Gasteiger partial charge in [-0.3, -0.25) is 0 Å². The van der Waals surface area contributed by atoms with E-state index in [1.54, 1.807) is 0 Å². The van der Waals surface area contributed by atoms with E-state index in [1.807, 2.05) is 0 Å². The highest BCUT2D eigenvalue weighted by Gasteiger charge is 2.35. The molecule has 13 heavy (non-hydrogen) atoms. The molecule has 0 aromatic heterocycles. The lowest BCUT2D eigenvalue weighted by Gasteiger charge is -2.42. The molecule has 0 saturated heterocycles. The Morgan fingerprint density at radius 2 is 2.08 bits per heavy atom. The molecule has 76 valence electrons. The monoisotopic (exact) mass is 180 g/mol. The number of hydrogen-bond donors (Lipinski definition) is 0. The van der Waals surface area contributed by atoms with Gasteiger partial charge in [-0.25, -0.2) is 0 Å². The molecule has 1 saturated carbocycles. The average molecular weight is 180 g/mol. The van der Waals surface area contributed by atoms with Gasteiger partial charge in [0, 0.05) is 0 Å². The van der Waals surface area contributed by atoms with Gasteiger partial charge in [0.05, 0.1) is 0 Å². The molecular formula is C13H24. The van der Waals surface area contributed by atoms with E-state index in [-0.39, 0.29) is 0 Å². The molecule has 0 heterocycles. The molecule has 0 amide bonds. The number of hydrogen-bond acceptors (Lipinski definition) is 0. The predicted molar refractivity (Wildman–Crippen MR) is 59.7 cm³/mol. The molecular weight excluding hydrogens is 156 g/mol. The summed E-state index contributed by atoms with van der Waals surface area (Å²) in [5, 5.41) is 0.